The van der Waals surface area contributed by atoms with Crippen molar-refractivity contribution >= 4 is 29.9 Å². The van der Waals surface area contributed by atoms with Crippen LogP contribution in [0.25, 0.3) is 0 Å². The minimum Gasteiger partial charge on any atom is -0.467 e. The summed E-state index contributed by atoms with van der Waals surface area (Å²) in [6, 6.07) is 2.36. The molecule has 1 aliphatic heterocycles. The number of ether oxygens (including phenoxy) is 3. The maximum atomic E-state index is 12.8. The Balaban J connectivity index is 2.32. The van der Waals surface area contributed by atoms with Crippen molar-refractivity contribution in [3.05, 3.63) is 23.9 Å². The second-order valence-electron chi connectivity index (χ2n) is 9.14. The molecule has 0 saturated carbocycles. The van der Waals surface area contributed by atoms with Crippen LogP contribution in [0.1, 0.15) is 47.1 Å². The smallest absolute Gasteiger partial charge is 0.425 e. The lowest BCUT2D eigenvalue weighted by molar-refractivity contribution is -0.155. The maximum absolute atomic E-state index is 12.8. The SMILES string of the molecule is COC(=O)C1NC(=O)C1Cc1ccnc(N(C(=O)OC(C)(C)C)C(=O)OC(C)(C)C)c1. The molecular formula is C21H29N3O7. The van der Waals surface area contributed by atoms with Crippen molar-refractivity contribution in [2.45, 2.75) is 65.2 Å². The molecule has 31 heavy (non-hydrogen) atoms. The molecule has 0 aromatic carbocycles. The van der Waals surface area contributed by atoms with E-state index in [4.69, 9.17) is 14.2 Å². The van der Waals surface area contributed by atoms with Crippen LogP contribution in [0, 0.1) is 5.92 Å². The molecular weight excluding hydrogens is 406 g/mol. The van der Waals surface area contributed by atoms with Gasteiger partial charge >= 0.3 is 18.2 Å². The highest BCUT2D eigenvalue weighted by molar-refractivity contribution is 6.08. The monoisotopic (exact) mass is 435 g/mol. The van der Waals surface area contributed by atoms with Crippen molar-refractivity contribution in [3.63, 3.8) is 0 Å². The minimum absolute atomic E-state index is 0.0182. The lowest BCUT2D eigenvalue weighted by Crippen LogP contribution is -2.62. The number of pyridine rings is 1. The van der Waals surface area contributed by atoms with Crippen LogP contribution in [0.2, 0.25) is 0 Å². The summed E-state index contributed by atoms with van der Waals surface area (Å²) in [7, 11) is 1.24. The summed E-state index contributed by atoms with van der Waals surface area (Å²) < 4.78 is 15.4. The van der Waals surface area contributed by atoms with E-state index < -0.39 is 41.3 Å². The fourth-order valence-electron chi connectivity index (χ4n) is 2.82. The zero-order chi connectivity index (χ0) is 23.6. The molecule has 1 fully saturated rings. The average molecular weight is 435 g/mol. The lowest BCUT2D eigenvalue weighted by atomic mass is 9.85. The Morgan fingerprint density at radius 2 is 1.61 bits per heavy atom. The number of hydrogen-bond acceptors (Lipinski definition) is 8. The number of carbonyl (C=O) groups excluding carboxylic acids is 4. The first-order chi connectivity index (χ1) is 14.2. The van der Waals surface area contributed by atoms with Crippen LogP contribution in [0.15, 0.2) is 18.3 Å². The molecule has 1 aromatic heterocycles. The van der Waals surface area contributed by atoms with Gasteiger partial charge in [-0.1, -0.05) is 0 Å². The van der Waals surface area contributed by atoms with Crippen molar-refractivity contribution in [1.82, 2.24) is 10.3 Å². The van der Waals surface area contributed by atoms with Crippen molar-refractivity contribution < 1.29 is 33.4 Å². The number of carbonyl (C=O) groups is 4. The van der Waals surface area contributed by atoms with E-state index in [2.05, 4.69) is 10.3 Å². The van der Waals surface area contributed by atoms with Gasteiger partial charge in [-0.05, 0) is 65.7 Å². The largest absolute Gasteiger partial charge is 0.467 e. The number of amides is 3. The Labute approximate surface area is 181 Å². The Bertz CT molecular complexity index is 842. The highest BCUT2D eigenvalue weighted by Crippen LogP contribution is 2.25. The summed E-state index contributed by atoms with van der Waals surface area (Å²) in [5, 5.41) is 2.50. The first kappa shape index (κ1) is 24.1. The fourth-order valence-corrected chi connectivity index (χ4v) is 2.82. The zero-order valence-electron chi connectivity index (χ0n) is 18.8. The first-order valence-electron chi connectivity index (χ1n) is 9.81. The van der Waals surface area contributed by atoms with Crippen LogP contribution < -0.4 is 10.2 Å². The van der Waals surface area contributed by atoms with Crippen molar-refractivity contribution in [2.75, 3.05) is 12.0 Å². The predicted molar refractivity (Wildman–Crippen MR) is 110 cm³/mol. The van der Waals surface area contributed by atoms with E-state index in [0.717, 1.165) is 0 Å². The van der Waals surface area contributed by atoms with Crippen molar-refractivity contribution in [3.8, 4) is 0 Å². The maximum Gasteiger partial charge on any atom is 0.425 e. The number of methoxy groups -OCH3 is 1. The summed E-state index contributed by atoms with van der Waals surface area (Å²) >= 11 is 0. The molecule has 10 nitrogen and oxygen atoms in total. The molecule has 170 valence electrons. The molecule has 1 N–H and O–H groups in total. The van der Waals surface area contributed by atoms with Gasteiger partial charge in [-0.2, -0.15) is 4.90 Å². The van der Waals surface area contributed by atoms with Gasteiger partial charge in [-0.15, -0.1) is 0 Å². The van der Waals surface area contributed by atoms with Crippen LogP contribution in [-0.4, -0.2) is 53.4 Å². The second kappa shape index (κ2) is 8.91. The first-order valence-corrected chi connectivity index (χ1v) is 9.81. The summed E-state index contributed by atoms with van der Waals surface area (Å²) in [4.78, 5) is 54.0. The Morgan fingerprint density at radius 3 is 2.06 bits per heavy atom. The van der Waals surface area contributed by atoms with E-state index in [9.17, 15) is 19.2 Å². The number of nitrogens with one attached hydrogen (secondary N) is 1. The second-order valence-corrected chi connectivity index (χ2v) is 9.14. The molecule has 1 aliphatic rings. The molecule has 0 bridgehead atoms. The zero-order valence-corrected chi connectivity index (χ0v) is 18.8. The normalized spacial score (nSPS) is 18.4. The van der Waals surface area contributed by atoms with Gasteiger partial charge in [0.05, 0.1) is 13.0 Å². The lowest BCUT2D eigenvalue weighted by Gasteiger charge is -2.34. The number of rotatable bonds is 4. The molecule has 2 rings (SSSR count). The number of anilines is 1. The highest BCUT2D eigenvalue weighted by atomic mass is 16.6. The van der Waals surface area contributed by atoms with E-state index in [1.54, 1.807) is 47.6 Å². The van der Waals surface area contributed by atoms with Crippen LogP contribution >= 0.6 is 0 Å². The number of esters is 1. The van der Waals surface area contributed by atoms with Crippen LogP contribution in [0.3, 0.4) is 0 Å². The van der Waals surface area contributed by atoms with E-state index in [0.29, 0.717) is 10.5 Å². The molecule has 0 spiro atoms. The van der Waals surface area contributed by atoms with Crippen molar-refractivity contribution in [2.24, 2.45) is 5.92 Å². The molecule has 0 radical (unpaired) electrons. The molecule has 2 unspecified atom stereocenters. The van der Waals surface area contributed by atoms with Gasteiger partial charge in [0.1, 0.15) is 23.1 Å². The van der Waals surface area contributed by atoms with Gasteiger partial charge in [0, 0.05) is 6.20 Å². The summed E-state index contributed by atoms with van der Waals surface area (Å²) in [6.07, 6.45) is -0.297. The number of imide groups is 1. The van der Waals surface area contributed by atoms with Gasteiger partial charge < -0.3 is 19.5 Å². The van der Waals surface area contributed by atoms with Gasteiger partial charge in [0.2, 0.25) is 5.91 Å². The molecule has 1 saturated heterocycles. The quantitative estimate of drug-likeness (QED) is 0.435. The third-order valence-corrected chi connectivity index (χ3v) is 4.14. The number of β-lactam (4-membered cyclic amide) rings is 1. The predicted octanol–water partition coefficient (Wildman–Crippen LogP) is 2.59. The van der Waals surface area contributed by atoms with Crippen molar-refractivity contribution in [1.29, 1.82) is 0 Å². The number of hydrogen-bond donors (Lipinski definition) is 1. The summed E-state index contributed by atoms with van der Waals surface area (Å²) in [6.45, 7) is 10.0. The average Bonchev–Trinajstić information content (AvgIpc) is 2.61. The van der Waals surface area contributed by atoms with E-state index in [1.165, 1.54) is 19.4 Å². The van der Waals surface area contributed by atoms with Crippen LogP contribution in [-0.2, 0) is 30.2 Å². The highest BCUT2D eigenvalue weighted by Gasteiger charge is 2.44. The van der Waals surface area contributed by atoms with Crippen LogP contribution in [0.5, 0.6) is 0 Å². The summed E-state index contributed by atoms with van der Waals surface area (Å²) in [5.41, 5.74) is -1.12. The number of aromatic nitrogens is 1. The van der Waals surface area contributed by atoms with Gasteiger partial charge in [-0.3, -0.25) is 4.79 Å². The van der Waals surface area contributed by atoms with Gasteiger partial charge in [0.25, 0.3) is 0 Å². The van der Waals surface area contributed by atoms with E-state index in [-0.39, 0.29) is 18.1 Å². The van der Waals surface area contributed by atoms with E-state index >= 15 is 0 Å². The van der Waals surface area contributed by atoms with Crippen LogP contribution in [0.4, 0.5) is 15.4 Å². The summed E-state index contributed by atoms with van der Waals surface area (Å²) in [5.74, 6) is -1.47. The minimum atomic E-state index is -0.944. The molecule has 2 heterocycles. The molecule has 10 heteroatoms. The Morgan fingerprint density at radius 1 is 1.06 bits per heavy atom. The standard InChI is InChI=1S/C21H29N3O7/c1-20(2,3)30-18(27)24(19(28)31-21(4,5)6)14-11-12(8-9-22-14)10-13-15(17(26)29-7)23-16(13)25/h8-9,11,13,15H,10H2,1-7H3,(H,23,25). The fraction of sp³-hybridized carbons (Fsp3) is 0.571. The third kappa shape index (κ3) is 6.40. The van der Waals surface area contributed by atoms with Gasteiger partial charge in [0.15, 0.2) is 0 Å². The molecule has 3 amide bonds. The third-order valence-electron chi connectivity index (χ3n) is 4.14. The molecule has 0 aliphatic carbocycles. The Kier molecular flexibility index (Phi) is 6.93. The Hall–Kier alpha value is -3.17. The van der Waals surface area contributed by atoms with E-state index in [1.807, 2.05) is 0 Å². The number of nitrogens with zero attached hydrogens (tertiary/aromatic N) is 2. The topological polar surface area (TPSA) is 124 Å². The molecule has 1 aromatic rings. The van der Waals surface area contributed by atoms with Gasteiger partial charge in [-0.25, -0.2) is 19.4 Å². The molecule has 2 atom stereocenters.